The zero-order valence-electron chi connectivity index (χ0n) is 3.50. The van der Waals surface area contributed by atoms with Gasteiger partial charge in [0.1, 0.15) is 0 Å². The molecule has 0 aliphatic heterocycles. The van der Waals surface area contributed by atoms with Crippen molar-refractivity contribution >= 4 is 120 Å². The Morgan fingerprint density at radius 3 is 0.286 bits per heavy atom. The van der Waals surface area contributed by atoms with Gasteiger partial charge in [-0.3, -0.25) is 0 Å². The molecule has 0 rings (SSSR count). The summed E-state index contributed by atoms with van der Waals surface area (Å²) in [5, 5.41) is 0. The minimum atomic E-state index is 0. The minimum absolute atomic E-state index is 0. The van der Waals surface area contributed by atoms with Crippen LogP contribution < -0.4 is 0 Å². The van der Waals surface area contributed by atoms with Gasteiger partial charge in [-0.05, 0) is 0 Å². The molecule has 7 heavy (non-hydrogen) atoms. The molecule has 0 amide bonds. The van der Waals surface area contributed by atoms with Crippen LogP contribution in [-0.2, 0) is 0 Å². The van der Waals surface area contributed by atoms with Crippen molar-refractivity contribution in [1.82, 2.24) is 0 Å². The second-order valence-corrected chi connectivity index (χ2v) is 0. The van der Waals surface area contributed by atoms with E-state index in [1.165, 1.54) is 0 Å². The molecule has 0 aromatic rings. The average Bonchev–Trinajstić information content (AvgIpc) is 0. The van der Waals surface area contributed by atoms with Gasteiger partial charge in [0.05, 0.1) is 0 Å². The van der Waals surface area contributed by atoms with Crippen molar-refractivity contribution < 1.29 is 83.5 Å². The molecule has 0 saturated heterocycles. The van der Waals surface area contributed by atoms with Crippen molar-refractivity contribution in [3.63, 3.8) is 0 Å². The first-order valence-corrected chi connectivity index (χ1v) is 0. The Morgan fingerprint density at radius 2 is 0.286 bits per heavy atom. The number of rotatable bonds is 0. The van der Waals surface area contributed by atoms with Crippen LogP contribution in [0.2, 0.25) is 0 Å². The third-order valence-electron chi connectivity index (χ3n) is 0. The van der Waals surface area contributed by atoms with Crippen molar-refractivity contribution in [1.29, 1.82) is 0 Å². The minimum Gasteiger partial charge on any atom is 0 e. The molecule has 20 radical (unpaired) electrons. The van der Waals surface area contributed by atoms with Gasteiger partial charge in [-0.25, -0.2) is 0 Å². The van der Waals surface area contributed by atoms with Gasteiger partial charge in [0.15, 0.2) is 0 Å². The molecule has 0 saturated carbocycles. The molecule has 0 aromatic carbocycles. The maximum atomic E-state index is 0. The van der Waals surface area contributed by atoms with Crippen LogP contribution in [0, 0.1) is 83.5 Å². The first-order chi connectivity index (χ1) is 0. The summed E-state index contributed by atoms with van der Waals surface area (Å²) in [6.07, 6.45) is 0. The predicted octanol–water partition coefficient (Wildman–Crippen LogP) is -1.90. The predicted molar refractivity (Wildman–Crippen MR) is 28.8 cm³/mol. The fraction of sp³-hybridized carbons (Fsp3) is 0. The molecule has 0 nitrogen and oxygen atoms in total. The molecule has 0 bridgehead atoms. The quantitative estimate of drug-likeness (QED) is 0.250. The van der Waals surface area contributed by atoms with Crippen LogP contribution in [0.25, 0.3) is 0 Å². The summed E-state index contributed by atoms with van der Waals surface area (Å²) in [5.74, 6) is 0. The number of hydrogen-bond acceptors (Lipinski definition) is 0. The average molecular weight is 874 g/mol. The van der Waals surface area contributed by atoms with E-state index in [1.807, 2.05) is 0 Å². The third kappa shape index (κ3) is 32.3. The topological polar surface area (TPSA) is 0 Å². The Balaban J connectivity index is 0. The molecule has 0 aliphatic carbocycles. The first-order valence-electron chi connectivity index (χ1n) is 0. The zero-order chi connectivity index (χ0) is 0. The van der Waals surface area contributed by atoms with Crippen molar-refractivity contribution in [2.45, 2.75) is 0 Å². The van der Waals surface area contributed by atoms with Crippen LogP contribution >= 0.6 is 0 Å². The van der Waals surface area contributed by atoms with E-state index in [-0.39, 0.29) is 203 Å². The van der Waals surface area contributed by atoms with E-state index in [9.17, 15) is 0 Å². The zero-order valence-corrected chi connectivity index (χ0v) is 24.1. The standard InChI is InChI=1S/2Ce.5Sn. The van der Waals surface area contributed by atoms with Gasteiger partial charge in [0.2, 0.25) is 0 Å². The Hall–Kier alpha value is 6.75. The van der Waals surface area contributed by atoms with E-state index in [0.717, 1.165) is 0 Å². The summed E-state index contributed by atoms with van der Waals surface area (Å²) in [7, 11) is 0. The van der Waals surface area contributed by atoms with Crippen molar-refractivity contribution in [2.24, 2.45) is 0 Å². The molecule has 0 N–H and O–H groups in total. The van der Waals surface area contributed by atoms with Crippen molar-refractivity contribution in [2.75, 3.05) is 0 Å². The molecular formula is Ce2Sn5. The Labute approximate surface area is 197 Å². The van der Waals surface area contributed by atoms with E-state index < -0.39 is 0 Å². The SMILES string of the molecule is [Ce].[Ce].[Sn].[Sn].[Sn].[Sn].[Sn]. The monoisotopic (exact) mass is 879 g/mol. The van der Waals surface area contributed by atoms with Gasteiger partial charge >= 0.3 is 0 Å². The van der Waals surface area contributed by atoms with Gasteiger partial charge in [0, 0.05) is 203 Å². The molecular weight excluding hydrogens is 874 g/mol. The van der Waals surface area contributed by atoms with Crippen LogP contribution in [0.5, 0.6) is 0 Å². The molecule has 28 valence electrons. The van der Waals surface area contributed by atoms with E-state index in [1.54, 1.807) is 0 Å². The Morgan fingerprint density at radius 1 is 0.286 bits per heavy atom. The number of hydrogen-bond donors (Lipinski definition) is 0. The second-order valence-electron chi connectivity index (χ2n) is 0. The molecule has 0 fully saturated rings. The first kappa shape index (κ1) is 49.1. The van der Waals surface area contributed by atoms with E-state index in [2.05, 4.69) is 0 Å². The van der Waals surface area contributed by atoms with Crippen molar-refractivity contribution in [3.8, 4) is 0 Å². The molecule has 0 atom stereocenters. The summed E-state index contributed by atoms with van der Waals surface area (Å²) in [6.45, 7) is 0. The van der Waals surface area contributed by atoms with Gasteiger partial charge in [-0.2, -0.15) is 0 Å². The smallest absolute Gasteiger partial charge is 0 e. The van der Waals surface area contributed by atoms with Gasteiger partial charge in [-0.1, -0.05) is 0 Å². The molecule has 0 spiro atoms. The molecule has 0 heterocycles. The molecule has 0 aromatic heterocycles. The Bertz CT molecular complexity index is 6.04. The Kier molecular flexibility index (Phi) is 271. The van der Waals surface area contributed by atoms with Crippen LogP contribution in [0.3, 0.4) is 0 Å². The summed E-state index contributed by atoms with van der Waals surface area (Å²) >= 11 is 0. The van der Waals surface area contributed by atoms with Crippen LogP contribution in [0.1, 0.15) is 0 Å². The maximum absolute atomic E-state index is 0. The second kappa shape index (κ2) is 38.6. The summed E-state index contributed by atoms with van der Waals surface area (Å²) in [6, 6.07) is 0. The fourth-order valence-corrected chi connectivity index (χ4v) is 0. The van der Waals surface area contributed by atoms with Crippen LogP contribution in [0.15, 0.2) is 0 Å². The fourth-order valence-electron chi connectivity index (χ4n) is 0. The van der Waals surface area contributed by atoms with Gasteiger partial charge in [0.25, 0.3) is 0 Å². The van der Waals surface area contributed by atoms with E-state index in [0.29, 0.717) is 0 Å². The summed E-state index contributed by atoms with van der Waals surface area (Å²) in [5.41, 5.74) is 0. The van der Waals surface area contributed by atoms with E-state index >= 15 is 0 Å². The van der Waals surface area contributed by atoms with Crippen molar-refractivity contribution in [3.05, 3.63) is 0 Å². The largest absolute Gasteiger partial charge is 0 e. The molecule has 0 unspecified atom stereocenters. The van der Waals surface area contributed by atoms with Crippen LogP contribution in [-0.4, -0.2) is 120 Å². The van der Waals surface area contributed by atoms with E-state index in [4.69, 9.17) is 0 Å². The van der Waals surface area contributed by atoms with Crippen LogP contribution in [0.4, 0.5) is 0 Å². The molecule has 0 aliphatic rings. The normalized spacial score (nSPS) is 0. The summed E-state index contributed by atoms with van der Waals surface area (Å²) < 4.78 is 0. The van der Waals surface area contributed by atoms with Gasteiger partial charge in [-0.15, -0.1) is 0 Å². The molecule has 7 heteroatoms. The third-order valence-corrected chi connectivity index (χ3v) is 0. The summed E-state index contributed by atoms with van der Waals surface area (Å²) in [4.78, 5) is 0. The van der Waals surface area contributed by atoms with Gasteiger partial charge < -0.3 is 0 Å². The maximum Gasteiger partial charge on any atom is 0 e.